The van der Waals surface area contributed by atoms with E-state index in [0.717, 1.165) is 24.8 Å². The van der Waals surface area contributed by atoms with Crippen LogP contribution in [-0.4, -0.2) is 21.9 Å². The lowest BCUT2D eigenvalue weighted by atomic mass is 9.71. The third-order valence-electron chi connectivity index (χ3n) is 8.25. The second-order valence-electron chi connectivity index (χ2n) is 14.6. The van der Waals surface area contributed by atoms with E-state index < -0.39 is 5.60 Å². The molecule has 0 saturated heterocycles. The summed E-state index contributed by atoms with van der Waals surface area (Å²) < 4.78 is 0. The van der Waals surface area contributed by atoms with Crippen LogP contribution in [0.1, 0.15) is 102 Å². The topological polar surface area (TPSA) is 40.5 Å². The predicted molar refractivity (Wildman–Crippen MR) is 209 cm³/mol. The van der Waals surface area contributed by atoms with Crippen molar-refractivity contribution in [3.05, 3.63) is 154 Å². The van der Waals surface area contributed by atoms with Crippen molar-refractivity contribution in [2.24, 2.45) is 11.3 Å². The highest BCUT2D eigenvalue weighted by molar-refractivity contribution is 5.38. The zero-order valence-electron chi connectivity index (χ0n) is 31.6. The fourth-order valence-electron chi connectivity index (χ4n) is 5.38. The van der Waals surface area contributed by atoms with Gasteiger partial charge in [-0.1, -0.05) is 162 Å². The van der Waals surface area contributed by atoms with Crippen molar-refractivity contribution in [2.75, 3.05) is 0 Å². The van der Waals surface area contributed by atoms with E-state index in [-0.39, 0.29) is 17.4 Å². The molecule has 2 atom stereocenters. The minimum Gasteiger partial charge on any atom is -0.393 e. The van der Waals surface area contributed by atoms with Crippen molar-refractivity contribution in [3.8, 4) is 0 Å². The van der Waals surface area contributed by atoms with E-state index in [1.54, 1.807) is 0 Å². The Morgan fingerprint density at radius 2 is 1.15 bits per heavy atom. The lowest BCUT2D eigenvalue weighted by Gasteiger charge is -2.35. The van der Waals surface area contributed by atoms with E-state index in [9.17, 15) is 10.2 Å². The number of aliphatic hydroxyl groups is 2. The fraction of sp³-hybridized carbons (Fsp3) is 0.422. The summed E-state index contributed by atoms with van der Waals surface area (Å²) in [4.78, 5) is 0. The summed E-state index contributed by atoms with van der Waals surface area (Å²) in [5, 5.41) is 20.6. The normalized spacial score (nSPS) is 20.4. The van der Waals surface area contributed by atoms with E-state index in [0.29, 0.717) is 0 Å². The van der Waals surface area contributed by atoms with E-state index in [2.05, 4.69) is 179 Å². The molecule has 0 spiro atoms. The largest absolute Gasteiger partial charge is 0.393 e. The molecule has 0 fully saturated rings. The van der Waals surface area contributed by atoms with Crippen molar-refractivity contribution < 1.29 is 10.2 Å². The number of allylic oxidation sites excluding steroid dienone is 24. The van der Waals surface area contributed by atoms with E-state index >= 15 is 0 Å². The summed E-state index contributed by atoms with van der Waals surface area (Å²) in [6.07, 6.45) is 40.3. The zero-order chi connectivity index (χ0) is 35.6. The molecule has 2 nitrogen and oxygen atoms in total. The molecule has 256 valence electrons. The van der Waals surface area contributed by atoms with Crippen LogP contribution in [0.15, 0.2) is 154 Å². The molecule has 0 bridgehead atoms. The first-order valence-electron chi connectivity index (χ1n) is 17.1. The average Bonchev–Trinajstić information content (AvgIpc) is 2.93. The van der Waals surface area contributed by atoms with Gasteiger partial charge in [0.15, 0.2) is 0 Å². The Morgan fingerprint density at radius 1 is 0.723 bits per heavy atom. The molecule has 0 saturated carbocycles. The summed E-state index contributed by atoms with van der Waals surface area (Å²) in [6.45, 7) is 25.0. The highest BCUT2D eigenvalue weighted by Gasteiger charge is 2.31. The third kappa shape index (κ3) is 18.5. The van der Waals surface area contributed by atoms with Crippen LogP contribution in [0.5, 0.6) is 0 Å². The fourth-order valence-corrected chi connectivity index (χ4v) is 5.38. The first-order valence-corrected chi connectivity index (χ1v) is 17.1. The Kier molecular flexibility index (Phi) is 18.3. The van der Waals surface area contributed by atoms with Gasteiger partial charge in [-0.3, -0.25) is 0 Å². The number of rotatable bonds is 15. The Hall–Kier alpha value is -3.46. The molecule has 0 aromatic heterocycles. The van der Waals surface area contributed by atoms with Crippen molar-refractivity contribution in [1.29, 1.82) is 0 Å². The SMILES string of the molecule is CC(C)=CCC(/C=C/C(C)=C/C=C/C(C)=C/C=C/C(C)=C/C=C/C=C(C)/C=C/C=C(C)/C=C/C1=C(C)C[C@@H](O)CC1(C)C)C(C)(C)O. The van der Waals surface area contributed by atoms with Gasteiger partial charge >= 0.3 is 0 Å². The first kappa shape index (κ1) is 41.6. The minimum absolute atomic E-state index is 0.00109. The van der Waals surface area contributed by atoms with Gasteiger partial charge in [0.05, 0.1) is 11.7 Å². The Morgan fingerprint density at radius 3 is 1.57 bits per heavy atom. The monoisotopic (exact) mass is 636 g/mol. The van der Waals surface area contributed by atoms with Gasteiger partial charge in [-0.2, -0.15) is 0 Å². The quantitative estimate of drug-likeness (QED) is 0.139. The zero-order valence-corrected chi connectivity index (χ0v) is 31.6. The standard InChI is InChI=1S/C45H64O2/c1-34(2)26-29-41(45(11,12)47)30-27-38(6)24-17-23-37(5)22-15-20-35(3)18-13-14-19-36(4)21-16-25-39(7)28-31-43-40(8)32-42(46)33-44(43,9)10/h13-28,30-31,41-42,46-47H,29,32-33H2,1-12H3/b14-13+,20-15+,21-16+,23-17+,30-27+,31-28+,35-18+,36-19+,37-22+,38-24+,39-25+/t41?,42-/m1/s1. The summed E-state index contributed by atoms with van der Waals surface area (Å²) in [5.74, 6) is 0.0736. The van der Waals surface area contributed by atoms with Crippen molar-refractivity contribution in [3.63, 3.8) is 0 Å². The summed E-state index contributed by atoms with van der Waals surface area (Å²) in [7, 11) is 0. The van der Waals surface area contributed by atoms with Gasteiger partial charge in [0, 0.05) is 5.92 Å². The molecule has 1 aliphatic rings. The molecule has 47 heavy (non-hydrogen) atoms. The molecule has 0 radical (unpaired) electrons. The lowest BCUT2D eigenvalue weighted by molar-refractivity contribution is 0.0380. The van der Waals surface area contributed by atoms with Crippen LogP contribution in [0.2, 0.25) is 0 Å². The van der Waals surface area contributed by atoms with E-state index in [1.165, 1.54) is 39.0 Å². The Balaban J connectivity index is 2.67. The molecule has 0 aliphatic heterocycles. The van der Waals surface area contributed by atoms with Gasteiger partial charge in [0.25, 0.3) is 0 Å². The molecule has 0 aromatic carbocycles. The molecule has 1 aliphatic carbocycles. The molecule has 1 rings (SSSR count). The van der Waals surface area contributed by atoms with Crippen molar-refractivity contribution >= 4 is 0 Å². The maximum Gasteiger partial charge on any atom is 0.0657 e. The van der Waals surface area contributed by atoms with Crippen LogP contribution >= 0.6 is 0 Å². The van der Waals surface area contributed by atoms with E-state index in [1.807, 2.05) is 13.8 Å². The molecule has 0 aromatic rings. The highest BCUT2D eigenvalue weighted by atomic mass is 16.3. The predicted octanol–water partition coefficient (Wildman–Crippen LogP) is 12.3. The smallest absolute Gasteiger partial charge is 0.0657 e. The van der Waals surface area contributed by atoms with Gasteiger partial charge in [0.1, 0.15) is 0 Å². The van der Waals surface area contributed by atoms with E-state index in [4.69, 9.17) is 0 Å². The van der Waals surface area contributed by atoms with Crippen molar-refractivity contribution in [1.82, 2.24) is 0 Å². The number of hydrogen-bond donors (Lipinski definition) is 2. The molecular weight excluding hydrogens is 572 g/mol. The third-order valence-corrected chi connectivity index (χ3v) is 8.25. The average molecular weight is 637 g/mol. The number of hydrogen-bond acceptors (Lipinski definition) is 2. The molecule has 0 heterocycles. The summed E-state index contributed by atoms with van der Waals surface area (Å²) >= 11 is 0. The van der Waals surface area contributed by atoms with Gasteiger partial charge < -0.3 is 10.2 Å². The van der Waals surface area contributed by atoms with Crippen LogP contribution in [0.25, 0.3) is 0 Å². The lowest BCUT2D eigenvalue weighted by Crippen LogP contribution is -2.29. The van der Waals surface area contributed by atoms with Gasteiger partial charge in [-0.25, -0.2) is 0 Å². The first-order chi connectivity index (χ1) is 21.9. The highest BCUT2D eigenvalue weighted by Crippen LogP contribution is 2.41. The van der Waals surface area contributed by atoms with Crippen molar-refractivity contribution in [2.45, 2.75) is 114 Å². The molecule has 2 heteroatoms. The maximum absolute atomic E-state index is 10.5. The van der Waals surface area contributed by atoms with Crippen LogP contribution in [0.3, 0.4) is 0 Å². The Labute approximate surface area is 288 Å². The van der Waals surface area contributed by atoms with Crippen LogP contribution in [-0.2, 0) is 0 Å². The van der Waals surface area contributed by atoms with Crippen LogP contribution in [0, 0.1) is 11.3 Å². The molecule has 2 N–H and O–H groups in total. The molecule has 0 amide bonds. The second-order valence-corrected chi connectivity index (χ2v) is 14.6. The van der Waals surface area contributed by atoms with Gasteiger partial charge in [-0.05, 0) is 99.5 Å². The van der Waals surface area contributed by atoms with Gasteiger partial charge in [-0.15, -0.1) is 0 Å². The number of aliphatic hydroxyl groups excluding tert-OH is 1. The summed E-state index contributed by atoms with van der Waals surface area (Å²) in [6, 6.07) is 0. The van der Waals surface area contributed by atoms with Crippen LogP contribution < -0.4 is 0 Å². The molecular formula is C45H64O2. The Bertz CT molecular complexity index is 1420. The maximum atomic E-state index is 10.5. The molecule has 1 unspecified atom stereocenters. The second kappa shape index (κ2) is 20.7. The van der Waals surface area contributed by atoms with Gasteiger partial charge in [0.2, 0.25) is 0 Å². The minimum atomic E-state index is -0.757. The summed E-state index contributed by atoms with van der Waals surface area (Å²) in [5.41, 5.74) is 9.03. The van der Waals surface area contributed by atoms with Crippen LogP contribution in [0.4, 0.5) is 0 Å².